The van der Waals surface area contributed by atoms with Gasteiger partial charge in [-0.1, -0.05) is 67.8 Å². The molecule has 0 heterocycles. The summed E-state index contributed by atoms with van der Waals surface area (Å²) >= 11 is 1.55. The van der Waals surface area contributed by atoms with Crippen LogP contribution in [0.3, 0.4) is 0 Å². The van der Waals surface area contributed by atoms with E-state index in [1.807, 2.05) is 0 Å². The third-order valence-electron chi connectivity index (χ3n) is 3.41. The summed E-state index contributed by atoms with van der Waals surface area (Å²) < 4.78 is 71.0. The Kier molecular flexibility index (Phi) is 9.54. The largest absolute Gasteiger partial charge is 0.421 e. The van der Waals surface area contributed by atoms with Crippen LogP contribution in [0.1, 0.15) is 58.3 Å². The number of hydrogen-bond donors (Lipinski definition) is 1. The van der Waals surface area contributed by atoms with Crippen LogP contribution in [-0.4, -0.2) is 29.1 Å². The second-order valence-electron chi connectivity index (χ2n) is 5.38. The highest BCUT2D eigenvalue weighted by Gasteiger charge is 2.74. The van der Waals surface area contributed by atoms with E-state index in [-0.39, 0.29) is 6.54 Å². The van der Waals surface area contributed by atoms with E-state index in [0.29, 0.717) is 12.8 Å². The van der Waals surface area contributed by atoms with E-state index in [2.05, 4.69) is 6.92 Å². The Labute approximate surface area is 140 Å². The lowest BCUT2D eigenvalue weighted by molar-refractivity contribution is -0.254. The van der Waals surface area contributed by atoms with Crippen LogP contribution in [0.4, 0.5) is 26.3 Å². The zero-order valence-corrected chi connectivity index (χ0v) is 14.5. The molecular weight excluding hydrogens is 392 g/mol. The van der Waals surface area contributed by atoms with E-state index >= 15 is 0 Å². The summed E-state index contributed by atoms with van der Waals surface area (Å²) in [5, 5.41) is 1.72. The number of alkyl halides is 7. The minimum absolute atomic E-state index is 0.215. The van der Waals surface area contributed by atoms with Gasteiger partial charge in [-0.2, -0.15) is 26.3 Å². The fourth-order valence-corrected chi connectivity index (χ4v) is 2.14. The molecule has 0 rings (SSSR count). The second kappa shape index (κ2) is 9.74. The molecule has 0 atom stereocenters. The van der Waals surface area contributed by atoms with Crippen LogP contribution in [0.5, 0.6) is 0 Å². The van der Waals surface area contributed by atoms with Gasteiger partial charge in [0.1, 0.15) is 0 Å². The van der Waals surface area contributed by atoms with Crippen molar-refractivity contribution in [2.75, 3.05) is 6.54 Å². The molecule has 0 bridgehead atoms. The Hall–Kier alpha value is -0.470. The maximum absolute atomic E-state index is 12.6. The molecule has 0 radical (unpaired) electrons. The van der Waals surface area contributed by atoms with E-state index in [0.717, 1.165) is 38.5 Å². The molecule has 0 aromatic carbocycles. The van der Waals surface area contributed by atoms with Gasteiger partial charge in [-0.25, -0.2) is 0 Å². The average Bonchev–Trinajstić information content (AvgIpc) is 2.41. The lowest BCUT2D eigenvalue weighted by atomic mass is 10.1. The molecule has 0 aliphatic rings. The molecule has 138 valence electrons. The quantitative estimate of drug-likeness (QED) is 0.286. The molecule has 0 aromatic heterocycles. The predicted molar refractivity (Wildman–Crippen MR) is 79.4 cm³/mol. The number of nitrogens with one attached hydrogen (secondary N) is 1. The van der Waals surface area contributed by atoms with E-state index in [1.54, 1.807) is 21.2 Å². The first-order valence-corrected chi connectivity index (χ1v) is 8.38. The first-order chi connectivity index (χ1) is 10.5. The first kappa shape index (κ1) is 22.5. The SMILES string of the molecule is CCCCCCCCCCNC(=O)C(Br)(C(F)(F)F)C(F)(F)F. The van der Waals surface area contributed by atoms with E-state index < -0.39 is 22.6 Å². The van der Waals surface area contributed by atoms with Crippen molar-refractivity contribution in [1.82, 2.24) is 5.32 Å². The lowest BCUT2D eigenvalue weighted by Crippen LogP contribution is -2.61. The number of carbonyl (C=O) groups is 1. The summed E-state index contributed by atoms with van der Waals surface area (Å²) in [5.41, 5.74) is 0. The molecule has 2 nitrogen and oxygen atoms in total. The van der Waals surface area contributed by atoms with Crippen molar-refractivity contribution in [2.24, 2.45) is 0 Å². The van der Waals surface area contributed by atoms with Gasteiger partial charge in [0, 0.05) is 6.54 Å². The van der Waals surface area contributed by atoms with E-state index in [9.17, 15) is 31.1 Å². The minimum atomic E-state index is -5.77. The van der Waals surface area contributed by atoms with Crippen molar-refractivity contribution >= 4 is 21.8 Å². The van der Waals surface area contributed by atoms with Gasteiger partial charge in [-0.15, -0.1) is 0 Å². The topological polar surface area (TPSA) is 29.1 Å². The fourth-order valence-electron chi connectivity index (χ4n) is 2.00. The third kappa shape index (κ3) is 6.89. The number of carbonyl (C=O) groups excluding carboxylic acids is 1. The summed E-state index contributed by atoms with van der Waals surface area (Å²) in [5.74, 6) is -2.12. The Morgan fingerprint density at radius 2 is 1.22 bits per heavy atom. The van der Waals surface area contributed by atoms with Crippen LogP contribution in [0.15, 0.2) is 0 Å². The molecule has 0 aliphatic heterocycles. The number of amides is 1. The first-order valence-electron chi connectivity index (χ1n) is 7.59. The Morgan fingerprint density at radius 3 is 1.61 bits per heavy atom. The average molecular weight is 414 g/mol. The summed E-state index contributed by atoms with van der Waals surface area (Å²) in [6, 6.07) is 0. The third-order valence-corrected chi connectivity index (χ3v) is 4.67. The van der Waals surface area contributed by atoms with Gasteiger partial charge in [-0.05, 0) is 6.42 Å². The zero-order chi connectivity index (χ0) is 18.1. The highest BCUT2D eigenvalue weighted by Crippen LogP contribution is 2.49. The highest BCUT2D eigenvalue weighted by atomic mass is 79.9. The van der Waals surface area contributed by atoms with Crippen molar-refractivity contribution < 1.29 is 31.1 Å². The summed E-state index contributed by atoms with van der Waals surface area (Å²) in [7, 11) is 0. The molecule has 0 fully saturated rings. The van der Waals surface area contributed by atoms with Crippen molar-refractivity contribution in [2.45, 2.75) is 75.0 Å². The normalized spacial score (nSPS) is 13.2. The van der Waals surface area contributed by atoms with Crippen LogP contribution >= 0.6 is 15.9 Å². The Morgan fingerprint density at radius 1 is 0.826 bits per heavy atom. The van der Waals surface area contributed by atoms with Crippen molar-refractivity contribution in [3.63, 3.8) is 0 Å². The number of hydrogen-bond acceptors (Lipinski definition) is 1. The molecule has 0 saturated heterocycles. The van der Waals surface area contributed by atoms with Crippen molar-refractivity contribution in [3.05, 3.63) is 0 Å². The van der Waals surface area contributed by atoms with Gasteiger partial charge in [0.05, 0.1) is 0 Å². The van der Waals surface area contributed by atoms with Crippen LogP contribution < -0.4 is 5.32 Å². The maximum Gasteiger partial charge on any atom is 0.421 e. The standard InChI is InChI=1S/C14H22BrF6NO/c1-2-3-4-5-6-7-8-9-10-22-11(23)12(15,13(16,17)18)14(19,20)21/h2-10H2,1H3,(H,22,23). The predicted octanol–water partition coefficient (Wildman–Crippen LogP) is 5.50. The molecule has 9 heteroatoms. The van der Waals surface area contributed by atoms with Gasteiger partial charge < -0.3 is 5.32 Å². The fraction of sp³-hybridized carbons (Fsp3) is 0.929. The molecule has 1 amide bonds. The van der Waals surface area contributed by atoms with Gasteiger partial charge in [0.2, 0.25) is 0 Å². The molecule has 0 unspecified atom stereocenters. The molecule has 0 aliphatic carbocycles. The van der Waals surface area contributed by atoms with Crippen LogP contribution in [0.25, 0.3) is 0 Å². The van der Waals surface area contributed by atoms with E-state index in [1.165, 1.54) is 0 Å². The molecule has 1 N–H and O–H groups in total. The monoisotopic (exact) mass is 413 g/mol. The van der Waals surface area contributed by atoms with Crippen LogP contribution in [0.2, 0.25) is 0 Å². The van der Waals surface area contributed by atoms with Gasteiger partial charge in [0.25, 0.3) is 10.2 Å². The minimum Gasteiger partial charge on any atom is -0.354 e. The zero-order valence-electron chi connectivity index (χ0n) is 12.9. The summed E-state index contributed by atoms with van der Waals surface area (Å²) in [4.78, 5) is 11.4. The number of halogens is 7. The van der Waals surface area contributed by atoms with Gasteiger partial charge in [0.15, 0.2) is 0 Å². The molecule has 23 heavy (non-hydrogen) atoms. The van der Waals surface area contributed by atoms with Crippen LogP contribution in [0, 0.1) is 0 Å². The smallest absolute Gasteiger partial charge is 0.354 e. The van der Waals surface area contributed by atoms with Gasteiger partial charge in [-0.3, -0.25) is 4.79 Å². The molecule has 0 aromatic rings. The van der Waals surface area contributed by atoms with Gasteiger partial charge >= 0.3 is 12.4 Å². The lowest BCUT2D eigenvalue weighted by Gasteiger charge is -2.30. The Bertz CT molecular complexity index is 342. The summed E-state index contributed by atoms with van der Waals surface area (Å²) in [6.07, 6.45) is -4.26. The summed E-state index contributed by atoms with van der Waals surface area (Å²) in [6.45, 7) is 1.88. The second-order valence-corrected chi connectivity index (χ2v) is 6.57. The number of rotatable bonds is 10. The Balaban J connectivity index is 4.18. The maximum atomic E-state index is 12.6. The molecular formula is C14H22BrF6NO. The molecule has 0 saturated carbocycles. The molecule has 0 spiro atoms. The van der Waals surface area contributed by atoms with Crippen molar-refractivity contribution in [1.29, 1.82) is 0 Å². The van der Waals surface area contributed by atoms with Crippen molar-refractivity contribution in [3.8, 4) is 0 Å². The van der Waals surface area contributed by atoms with E-state index in [4.69, 9.17) is 0 Å². The number of unbranched alkanes of at least 4 members (excludes halogenated alkanes) is 7. The van der Waals surface area contributed by atoms with Crippen LogP contribution in [-0.2, 0) is 4.79 Å². The highest BCUT2D eigenvalue weighted by molar-refractivity contribution is 9.10.